The molecule has 24 heavy (non-hydrogen) atoms. The number of methoxy groups -OCH3 is 1. The normalized spacial score (nSPS) is 12.0. The lowest BCUT2D eigenvalue weighted by molar-refractivity contribution is 0.0720. The van der Waals surface area contributed by atoms with Crippen molar-refractivity contribution in [3.05, 3.63) is 60.2 Å². The topological polar surface area (TPSA) is 71.4 Å². The number of furan rings is 1. The zero-order chi connectivity index (χ0) is 17.1. The molecule has 124 valence electrons. The molecule has 0 aliphatic rings. The first-order valence-electron chi connectivity index (χ1n) is 7.60. The van der Waals surface area contributed by atoms with Crippen molar-refractivity contribution in [2.24, 2.45) is 0 Å². The zero-order valence-corrected chi connectivity index (χ0v) is 13.8. The van der Waals surface area contributed by atoms with Crippen LogP contribution in [-0.4, -0.2) is 35.2 Å². The van der Waals surface area contributed by atoms with E-state index in [-0.39, 0.29) is 11.9 Å². The van der Waals surface area contributed by atoms with Crippen LogP contribution in [0, 0.1) is 0 Å². The molecular formula is C18H19N3O3. The maximum absolute atomic E-state index is 12.6. The highest BCUT2D eigenvalue weighted by atomic mass is 16.5. The fourth-order valence-corrected chi connectivity index (χ4v) is 2.43. The fraction of sp³-hybridized carbons (Fsp3) is 0.222. The maximum atomic E-state index is 12.6. The summed E-state index contributed by atoms with van der Waals surface area (Å²) in [5.74, 6) is 1.37. The summed E-state index contributed by atoms with van der Waals surface area (Å²) < 4.78 is 10.5. The van der Waals surface area contributed by atoms with E-state index in [0.29, 0.717) is 11.4 Å². The largest absolute Gasteiger partial charge is 0.497 e. The molecular weight excluding hydrogens is 306 g/mol. The molecule has 1 aromatic carbocycles. The average Bonchev–Trinajstić information content (AvgIpc) is 3.31. The molecule has 0 aliphatic carbocycles. The van der Waals surface area contributed by atoms with Gasteiger partial charge in [-0.2, -0.15) is 5.10 Å². The second kappa shape index (κ2) is 6.62. The van der Waals surface area contributed by atoms with Gasteiger partial charge >= 0.3 is 0 Å². The Morgan fingerprint density at radius 2 is 2.04 bits per heavy atom. The number of nitrogens with one attached hydrogen (secondary N) is 1. The molecule has 0 radical (unpaired) electrons. The fourth-order valence-electron chi connectivity index (χ4n) is 2.43. The molecule has 1 amide bonds. The molecule has 3 rings (SSSR count). The first kappa shape index (κ1) is 15.9. The van der Waals surface area contributed by atoms with Crippen LogP contribution in [0.25, 0.3) is 11.3 Å². The molecule has 0 fully saturated rings. The van der Waals surface area contributed by atoms with Crippen molar-refractivity contribution in [1.82, 2.24) is 15.1 Å². The molecule has 0 saturated heterocycles. The first-order valence-corrected chi connectivity index (χ1v) is 7.60. The van der Waals surface area contributed by atoms with E-state index in [1.54, 1.807) is 31.4 Å². The summed E-state index contributed by atoms with van der Waals surface area (Å²) >= 11 is 0. The number of benzene rings is 1. The number of H-pyrrole nitrogens is 1. The summed E-state index contributed by atoms with van der Waals surface area (Å²) in [5.41, 5.74) is 2.05. The van der Waals surface area contributed by atoms with Gasteiger partial charge in [0.25, 0.3) is 5.91 Å². The van der Waals surface area contributed by atoms with Crippen molar-refractivity contribution in [2.45, 2.75) is 13.0 Å². The van der Waals surface area contributed by atoms with Crippen LogP contribution in [0.15, 0.2) is 53.1 Å². The van der Waals surface area contributed by atoms with Gasteiger partial charge in [0, 0.05) is 12.6 Å². The Morgan fingerprint density at radius 1 is 1.29 bits per heavy atom. The van der Waals surface area contributed by atoms with Crippen LogP contribution in [0.2, 0.25) is 0 Å². The lowest BCUT2D eigenvalue weighted by Crippen LogP contribution is -2.29. The number of hydrogen-bond acceptors (Lipinski definition) is 4. The van der Waals surface area contributed by atoms with E-state index in [1.165, 1.54) is 0 Å². The van der Waals surface area contributed by atoms with Gasteiger partial charge in [-0.25, -0.2) is 0 Å². The molecule has 0 saturated carbocycles. The third-order valence-electron chi connectivity index (χ3n) is 4.05. The van der Waals surface area contributed by atoms with E-state index >= 15 is 0 Å². The summed E-state index contributed by atoms with van der Waals surface area (Å²) in [6.45, 7) is 1.91. The van der Waals surface area contributed by atoms with Gasteiger partial charge in [0.2, 0.25) is 0 Å². The minimum atomic E-state index is -0.166. The summed E-state index contributed by atoms with van der Waals surface area (Å²) in [6.07, 6.45) is 1.60. The molecule has 2 aromatic heterocycles. The second-order valence-corrected chi connectivity index (χ2v) is 5.50. The quantitative estimate of drug-likeness (QED) is 0.779. The van der Waals surface area contributed by atoms with Crippen molar-refractivity contribution in [2.75, 3.05) is 14.2 Å². The van der Waals surface area contributed by atoms with Crippen LogP contribution in [0.5, 0.6) is 5.75 Å². The molecule has 3 aromatic rings. The first-order chi connectivity index (χ1) is 11.6. The molecule has 6 nitrogen and oxygen atoms in total. The Kier molecular flexibility index (Phi) is 4.37. The number of amides is 1. The van der Waals surface area contributed by atoms with Gasteiger partial charge < -0.3 is 14.1 Å². The highest BCUT2D eigenvalue weighted by Gasteiger charge is 2.22. The minimum Gasteiger partial charge on any atom is -0.497 e. The highest BCUT2D eigenvalue weighted by molar-refractivity contribution is 5.93. The third kappa shape index (κ3) is 3.03. The van der Waals surface area contributed by atoms with Gasteiger partial charge in [-0.15, -0.1) is 0 Å². The molecule has 1 unspecified atom stereocenters. The number of nitrogens with zero attached hydrogens (tertiary/aromatic N) is 2. The van der Waals surface area contributed by atoms with Crippen LogP contribution in [0.3, 0.4) is 0 Å². The van der Waals surface area contributed by atoms with Crippen molar-refractivity contribution >= 4 is 5.91 Å². The third-order valence-corrected chi connectivity index (χ3v) is 4.05. The Morgan fingerprint density at radius 3 is 2.67 bits per heavy atom. The predicted molar refractivity (Wildman–Crippen MR) is 89.8 cm³/mol. The molecule has 0 spiro atoms. The van der Waals surface area contributed by atoms with Crippen LogP contribution >= 0.6 is 0 Å². The highest BCUT2D eigenvalue weighted by Crippen LogP contribution is 2.24. The summed E-state index contributed by atoms with van der Waals surface area (Å²) in [4.78, 5) is 14.2. The molecule has 0 aliphatic heterocycles. The van der Waals surface area contributed by atoms with Crippen molar-refractivity contribution in [3.8, 4) is 17.0 Å². The van der Waals surface area contributed by atoms with E-state index < -0.39 is 0 Å². The SMILES string of the molecule is COc1ccc(-c2cc(C(=O)N(C)C(C)c3ccco3)[nH]n2)cc1. The molecule has 6 heteroatoms. The monoisotopic (exact) mass is 325 g/mol. The van der Waals surface area contributed by atoms with E-state index in [0.717, 1.165) is 17.1 Å². The molecule has 2 heterocycles. The molecule has 0 bridgehead atoms. The number of carbonyl (C=O) groups is 1. The Hall–Kier alpha value is -3.02. The lowest BCUT2D eigenvalue weighted by atomic mass is 10.1. The maximum Gasteiger partial charge on any atom is 0.272 e. The summed E-state index contributed by atoms with van der Waals surface area (Å²) in [7, 11) is 3.36. The zero-order valence-electron chi connectivity index (χ0n) is 13.8. The number of aromatic amines is 1. The van der Waals surface area contributed by atoms with Gasteiger partial charge in [0.05, 0.1) is 25.1 Å². The van der Waals surface area contributed by atoms with Gasteiger partial charge in [-0.1, -0.05) is 0 Å². The van der Waals surface area contributed by atoms with Gasteiger partial charge in [-0.3, -0.25) is 9.89 Å². The number of hydrogen-bond donors (Lipinski definition) is 1. The number of carbonyl (C=O) groups excluding carboxylic acids is 1. The second-order valence-electron chi connectivity index (χ2n) is 5.50. The van der Waals surface area contributed by atoms with Gasteiger partial charge in [0.15, 0.2) is 0 Å². The van der Waals surface area contributed by atoms with Crippen molar-refractivity contribution in [1.29, 1.82) is 0 Å². The summed E-state index contributed by atoms with van der Waals surface area (Å²) in [5, 5.41) is 7.04. The number of rotatable bonds is 5. The van der Waals surface area contributed by atoms with Gasteiger partial charge in [-0.05, 0) is 49.4 Å². The van der Waals surface area contributed by atoms with Crippen LogP contribution in [-0.2, 0) is 0 Å². The standard InChI is InChI=1S/C18H19N3O3/c1-12(17-5-4-10-24-17)21(2)18(22)16-11-15(19-20-16)13-6-8-14(23-3)9-7-13/h4-12H,1-3H3,(H,19,20). The van der Waals surface area contributed by atoms with E-state index in [2.05, 4.69) is 10.2 Å². The van der Waals surface area contributed by atoms with Gasteiger partial charge in [0.1, 0.15) is 17.2 Å². The van der Waals surface area contributed by atoms with Crippen molar-refractivity contribution < 1.29 is 13.9 Å². The van der Waals surface area contributed by atoms with Crippen LogP contribution < -0.4 is 4.74 Å². The lowest BCUT2D eigenvalue weighted by Gasteiger charge is -2.22. The Balaban J connectivity index is 1.77. The van der Waals surface area contributed by atoms with Crippen LogP contribution in [0.1, 0.15) is 29.2 Å². The number of aromatic nitrogens is 2. The molecule has 1 atom stereocenters. The minimum absolute atomic E-state index is 0.147. The van der Waals surface area contributed by atoms with E-state index in [4.69, 9.17) is 9.15 Å². The van der Waals surface area contributed by atoms with Crippen LogP contribution in [0.4, 0.5) is 0 Å². The average molecular weight is 325 g/mol. The number of ether oxygens (including phenoxy) is 1. The smallest absolute Gasteiger partial charge is 0.272 e. The molecule has 1 N–H and O–H groups in total. The van der Waals surface area contributed by atoms with Crippen molar-refractivity contribution in [3.63, 3.8) is 0 Å². The van der Waals surface area contributed by atoms with E-state index in [1.807, 2.05) is 43.3 Å². The predicted octanol–water partition coefficient (Wildman–Crippen LogP) is 3.51. The Bertz CT molecular complexity index is 806. The Labute approximate surface area is 140 Å². The summed E-state index contributed by atoms with van der Waals surface area (Å²) in [6, 6.07) is 12.8. The van der Waals surface area contributed by atoms with E-state index in [9.17, 15) is 4.79 Å².